The minimum atomic E-state index is -0.141. The minimum absolute atomic E-state index is 0.141. The summed E-state index contributed by atoms with van der Waals surface area (Å²) in [7, 11) is 0. The average molecular weight is 436 g/mol. The predicted molar refractivity (Wildman–Crippen MR) is 124 cm³/mol. The van der Waals surface area contributed by atoms with Crippen molar-refractivity contribution in [3.05, 3.63) is 36.4 Å². The lowest BCUT2D eigenvalue weighted by atomic mass is 9.88. The van der Waals surface area contributed by atoms with Crippen molar-refractivity contribution in [1.82, 2.24) is 30.7 Å². The Kier molecular flexibility index (Phi) is 6.06. The first-order valence-electron chi connectivity index (χ1n) is 12.0. The van der Waals surface area contributed by atoms with Crippen molar-refractivity contribution in [1.29, 1.82) is 0 Å². The molecule has 0 aromatic carbocycles. The van der Waals surface area contributed by atoms with Crippen LogP contribution >= 0.6 is 0 Å². The normalized spacial score (nSPS) is 26.3. The predicted octanol–water partition coefficient (Wildman–Crippen LogP) is 2.71. The summed E-state index contributed by atoms with van der Waals surface area (Å²) in [5, 5.41) is 3.44. The first kappa shape index (κ1) is 21.3. The van der Waals surface area contributed by atoms with Gasteiger partial charge in [-0.3, -0.25) is 15.2 Å². The van der Waals surface area contributed by atoms with Crippen LogP contribution in [0.25, 0.3) is 11.1 Å². The number of nitrogens with zero attached hydrogens (tertiary/aromatic N) is 4. The maximum absolute atomic E-state index is 13.2. The third-order valence-electron chi connectivity index (χ3n) is 7.20. The highest BCUT2D eigenvalue weighted by molar-refractivity contribution is 5.82. The van der Waals surface area contributed by atoms with Gasteiger partial charge in [0.2, 0.25) is 11.9 Å². The molecule has 3 aliphatic rings. The van der Waals surface area contributed by atoms with Gasteiger partial charge in [-0.2, -0.15) is 0 Å². The molecule has 1 aliphatic carbocycles. The average Bonchev–Trinajstić information content (AvgIpc) is 3.58. The summed E-state index contributed by atoms with van der Waals surface area (Å²) in [4.78, 5) is 28.9. The Balaban J connectivity index is 1.31. The van der Waals surface area contributed by atoms with E-state index in [1.807, 2.05) is 35.6 Å². The number of piperidine rings is 1. The molecule has 170 valence electrons. The number of aromatic nitrogens is 3. The van der Waals surface area contributed by atoms with Crippen LogP contribution in [0.1, 0.15) is 57.6 Å². The van der Waals surface area contributed by atoms with E-state index in [0.717, 1.165) is 55.1 Å². The second-order valence-electron chi connectivity index (χ2n) is 9.39. The molecule has 8 nitrogen and oxygen atoms in total. The molecule has 5 rings (SSSR count). The summed E-state index contributed by atoms with van der Waals surface area (Å²) in [5.74, 6) is 1.54. The van der Waals surface area contributed by atoms with E-state index in [-0.39, 0.29) is 11.9 Å². The molecule has 2 saturated heterocycles. The van der Waals surface area contributed by atoms with Gasteiger partial charge in [-0.25, -0.2) is 15.4 Å². The number of hydrogen-bond donors (Lipinski definition) is 3. The lowest BCUT2D eigenvalue weighted by Gasteiger charge is -2.34. The Bertz CT molecular complexity index is 941. The van der Waals surface area contributed by atoms with Gasteiger partial charge < -0.3 is 10.2 Å². The molecule has 2 aliphatic heterocycles. The van der Waals surface area contributed by atoms with Crippen molar-refractivity contribution in [3.63, 3.8) is 0 Å². The molecule has 1 amide bonds. The van der Waals surface area contributed by atoms with Gasteiger partial charge in [-0.1, -0.05) is 13.8 Å². The molecular weight excluding hydrogens is 402 g/mol. The molecule has 3 N–H and O–H groups in total. The quantitative estimate of drug-likeness (QED) is 0.642. The Morgan fingerprint density at radius 3 is 2.56 bits per heavy atom. The summed E-state index contributed by atoms with van der Waals surface area (Å²) in [6, 6.07) is 4.74. The van der Waals surface area contributed by atoms with E-state index in [2.05, 4.69) is 40.0 Å². The number of hydrogen-bond acceptors (Lipinski definition) is 7. The topological polar surface area (TPSA) is 95.1 Å². The Morgan fingerprint density at radius 1 is 1.16 bits per heavy atom. The van der Waals surface area contributed by atoms with Gasteiger partial charge in [0.15, 0.2) is 0 Å². The number of carbonyl (C=O) groups is 1. The fourth-order valence-corrected chi connectivity index (χ4v) is 4.96. The molecule has 4 heterocycles. The third kappa shape index (κ3) is 4.34. The van der Waals surface area contributed by atoms with Crippen LogP contribution in [-0.4, -0.2) is 57.0 Å². The zero-order valence-corrected chi connectivity index (χ0v) is 18.9. The molecular formula is C24H33N7O. The maximum atomic E-state index is 13.2. The molecule has 1 saturated carbocycles. The van der Waals surface area contributed by atoms with Crippen LogP contribution in [0.3, 0.4) is 0 Å². The minimum Gasteiger partial charge on any atom is -0.351 e. The first-order valence-corrected chi connectivity index (χ1v) is 12.0. The van der Waals surface area contributed by atoms with Gasteiger partial charge in [-0.15, -0.1) is 0 Å². The highest BCUT2D eigenvalue weighted by atomic mass is 16.2. The molecule has 2 aromatic heterocycles. The number of hydrazine groups is 1. The highest BCUT2D eigenvalue weighted by Gasteiger charge is 2.39. The van der Waals surface area contributed by atoms with Crippen molar-refractivity contribution in [2.24, 2.45) is 5.92 Å². The number of nitrogens with one attached hydrogen (secondary N) is 3. The van der Waals surface area contributed by atoms with Crippen LogP contribution in [-0.2, 0) is 4.79 Å². The zero-order chi connectivity index (χ0) is 22.1. The third-order valence-corrected chi connectivity index (χ3v) is 7.20. The van der Waals surface area contributed by atoms with Gasteiger partial charge >= 0.3 is 0 Å². The fourth-order valence-electron chi connectivity index (χ4n) is 4.96. The molecule has 0 spiro atoms. The first-order chi connectivity index (χ1) is 15.6. The second kappa shape index (κ2) is 9.11. The van der Waals surface area contributed by atoms with E-state index >= 15 is 0 Å². The number of pyridine rings is 1. The lowest BCUT2D eigenvalue weighted by molar-refractivity contribution is -0.135. The standard InChI is InChI=1S/C24H33N7O/c1-3-20-15(2)21(30-29-20)23(32)31-12-8-17(9-13-31)22-19(16-6-10-25-11-7-16)14-26-24(28-22)27-18-4-5-18/h6-7,10-11,14-15,17-18,20-21,29-30H,3-5,8-9,12-13H2,1-2H3,(H,26,27,28). The highest BCUT2D eigenvalue weighted by Crippen LogP contribution is 2.35. The summed E-state index contributed by atoms with van der Waals surface area (Å²) in [6.07, 6.45) is 10.8. The van der Waals surface area contributed by atoms with Crippen molar-refractivity contribution in [2.45, 2.75) is 70.0 Å². The van der Waals surface area contributed by atoms with E-state index in [4.69, 9.17) is 4.98 Å². The molecule has 32 heavy (non-hydrogen) atoms. The van der Waals surface area contributed by atoms with Crippen molar-refractivity contribution >= 4 is 11.9 Å². The summed E-state index contributed by atoms with van der Waals surface area (Å²) < 4.78 is 0. The summed E-state index contributed by atoms with van der Waals surface area (Å²) >= 11 is 0. The summed E-state index contributed by atoms with van der Waals surface area (Å²) in [5.41, 5.74) is 9.76. The Morgan fingerprint density at radius 2 is 1.91 bits per heavy atom. The number of rotatable bonds is 6. The largest absolute Gasteiger partial charge is 0.351 e. The van der Waals surface area contributed by atoms with Crippen LogP contribution in [0.4, 0.5) is 5.95 Å². The van der Waals surface area contributed by atoms with Gasteiger partial charge in [0.25, 0.3) is 0 Å². The molecule has 2 aromatic rings. The van der Waals surface area contributed by atoms with Gasteiger partial charge in [0.1, 0.15) is 6.04 Å². The number of likely N-dealkylation sites (tertiary alicyclic amines) is 1. The SMILES string of the molecule is CCC1NNC(C(=O)N2CCC(c3nc(NC4CC4)ncc3-c3ccncc3)CC2)C1C. The Hall–Kier alpha value is -2.58. The van der Waals surface area contributed by atoms with Crippen molar-refractivity contribution < 1.29 is 4.79 Å². The molecule has 3 unspecified atom stereocenters. The van der Waals surface area contributed by atoms with Crippen LogP contribution in [0.5, 0.6) is 0 Å². The van der Waals surface area contributed by atoms with Gasteiger partial charge in [0.05, 0.1) is 5.69 Å². The number of amides is 1. The van der Waals surface area contributed by atoms with E-state index in [1.165, 1.54) is 12.8 Å². The maximum Gasteiger partial charge on any atom is 0.241 e. The molecule has 3 atom stereocenters. The number of carbonyl (C=O) groups excluding carboxylic acids is 1. The fraction of sp³-hybridized carbons (Fsp3) is 0.583. The van der Waals surface area contributed by atoms with E-state index in [1.54, 1.807) is 0 Å². The van der Waals surface area contributed by atoms with E-state index < -0.39 is 0 Å². The van der Waals surface area contributed by atoms with Gasteiger partial charge in [0, 0.05) is 55.2 Å². The zero-order valence-electron chi connectivity index (χ0n) is 18.9. The van der Waals surface area contributed by atoms with Crippen LogP contribution in [0.15, 0.2) is 30.7 Å². The van der Waals surface area contributed by atoms with Crippen LogP contribution in [0, 0.1) is 5.92 Å². The number of anilines is 1. The smallest absolute Gasteiger partial charge is 0.241 e. The van der Waals surface area contributed by atoms with Crippen LogP contribution in [0.2, 0.25) is 0 Å². The van der Waals surface area contributed by atoms with Crippen molar-refractivity contribution in [2.75, 3.05) is 18.4 Å². The molecule has 3 fully saturated rings. The van der Waals surface area contributed by atoms with E-state index in [0.29, 0.717) is 23.9 Å². The Labute approximate surface area is 189 Å². The van der Waals surface area contributed by atoms with Crippen LogP contribution < -0.4 is 16.2 Å². The molecule has 0 bridgehead atoms. The second-order valence-corrected chi connectivity index (χ2v) is 9.39. The summed E-state index contributed by atoms with van der Waals surface area (Å²) in [6.45, 7) is 5.84. The van der Waals surface area contributed by atoms with Gasteiger partial charge in [-0.05, 0) is 55.7 Å². The molecule has 0 radical (unpaired) electrons. The van der Waals surface area contributed by atoms with E-state index in [9.17, 15) is 4.79 Å². The lowest BCUT2D eigenvalue weighted by Crippen LogP contribution is -2.49. The monoisotopic (exact) mass is 435 g/mol. The van der Waals surface area contributed by atoms with Crippen molar-refractivity contribution in [3.8, 4) is 11.1 Å². The molecule has 8 heteroatoms.